The number of likely N-dealkylation sites (tertiary alicyclic amines) is 1. The second kappa shape index (κ2) is 8.31. The van der Waals surface area contributed by atoms with Crippen molar-refractivity contribution < 1.29 is 14.4 Å². The first-order valence-electron chi connectivity index (χ1n) is 9.24. The molecule has 2 fully saturated rings. The fourth-order valence-electron chi connectivity index (χ4n) is 3.50. The van der Waals surface area contributed by atoms with Gasteiger partial charge in [-0.3, -0.25) is 19.3 Å². The molecule has 0 saturated carbocycles. The van der Waals surface area contributed by atoms with Crippen LogP contribution in [0.1, 0.15) is 40.0 Å². The Hall–Kier alpha value is -2.41. The van der Waals surface area contributed by atoms with Gasteiger partial charge in [-0.05, 0) is 43.5 Å². The van der Waals surface area contributed by atoms with E-state index in [0.29, 0.717) is 43.9 Å². The molecule has 0 atom stereocenters. The van der Waals surface area contributed by atoms with Crippen LogP contribution in [0.4, 0.5) is 0 Å². The summed E-state index contributed by atoms with van der Waals surface area (Å²) in [4.78, 5) is 41.9. The van der Waals surface area contributed by atoms with E-state index in [9.17, 15) is 14.4 Å². The molecule has 0 aromatic heterocycles. The van der Waals surface area contributed by atoms with Crippen LogP contribution in [-0.4, -0.2) is 78.2 Å². The molecule has 3 amide bonds. The number of carbonyl (C=O) groups excluding carboxylic acids is 3. The summed E-state index contributed by atoms with van der Waals surface area (Å²) in [5, 5.41) is 0. The molecule has 0 unspecified atom stereocenters. The Bertz CT molecular complexity index is 660. The standard InChI is InChI=1S/C19H26N4O3/c20-18(25)15-4-6-16(7-5-15)19(26)23-12-10-21(11-13-23)14-17(24)22-8-2-1-3-9-22/h4-7H,1-3,8-14H2,(H2,20,25). The van der Waals surface area contributed by atoms with E-state index >= 15 is 0 Å². The minimum absolute atomic E-state index is 0.0528. The third-order valence-corrected chi connectivity index (χ3v) is 5.14. The van der Waals surface area contributed by atoms with Gasteiger partial charge in [0.2, 0.25) is 11.8 Å². The van der Waals surface area contributed by atoms with Gasteiger partial charge in [-0.1, -0.05) is 0 Å². The van der Waals surface area contributed by atoms with Gasteiger partial charge in [-0.15, -0.1) is 0 Å². The molecule has 140 valence electrons. The van der Waals surface area contributed by atoms with Gasteiger partial charge < -0.3 is 15.5 Å². The van der Waals surface area contributed by atoms with Crippen LogP contribution in [0, 0.1) is 0 Å². The number of hydrogen-bond acceptors (Lipinski definition) is 4. The fraction of sp³-hybridized carbons (Fsp3) is 0.526. The van der Waals surface area contributed by atoms with Gasteiger partial charge in [0.25, 0.3) is 5.91 Å². The summed E-state index contributed by atoms with van der Waals surface area (Å²) in [5.41, 5.74) is 6.16. The third kappa shape index (κ3) is 4.40. The molecular weight excluding hydrogens is 332 g/mol. The highest BCUT2D eigenvalue weighted by atomic mass is 16.2. The van der Waals surface area contributed by atoms with E-state index in [1.807, 2.05) is 4.90 Å². The monoisotopic (exact) mass is 358 g/mol. The molecule has 0 spiro atoms. The van der Waals surface area contributed by atoms with Crippen molar-refractivity contribution in [2.75, 3.05) is 45.8 Å². The molecule has 0 radical (unpaired) electrons. The quantitative estimate of drug-likeness (QED) is 0.852. The Kier molecular flexibility index (Phi) is 5.88. The van der Waals surface area contributed by atoms with E-state index in [2.05, 4.69) is 4.90 Å². The smallest absolute Gasteiger partial charge is 0.253 e. The lowest BCUT2D eigenvalue weighted by molar-refractivity contribution is -0.133. The molecule has 0 aliphatic carbocycles. The van der Waals surface area contributed by atoms with Gasteiger partial charge in [-0.2, -0.15) is 0 Å². The van der Waals surface area contributed by atoms with Crippen LogP contribution in [-0.2, 0) is 4.79 Å². The molecule has 1 aromatic rings. The first-order valence-corrected chi connectivity index (χ1v) is 9.24. The van der Waals surface area contributed by atoms with E-state index in [1.54, 1.807) is 29.2 Å². The Morgan fingerprint density at radius 2 is 1.35 bits per heavy atom. The number of amides is 3. The van der Waals surface area contributed by atoms with E-state index in [1.165, 1.54) is 6.42 Å². The first kappa shape index (κ1) is 18.4. The number of hydrogen-bond donors (Lipinski definition) is 1. The van der Waals surface area contributed by atoms with Crippen LogP contribution in [0.3, 0.4) is 0 Å². The summed E-state index contributed by atoms with van der Waals surface area (Å²) in [6.45, 7) is 4.79. The number of nitrogens with two attached hydrogens (primary N) is 1. The molecule has 26 heavy (non-hydrogen) atoms. The third-order valence-electron chi connectivity index (χ3n) is 5.14. The number of carbonyl (C=O) groups is 3. The largest absolute Gasteiger partial charge is 0.366 e. The molecule has 0 bridgehead atoms. The van der Waals surface area contributed by atoms with Crippen molar-refractivity contribution in [1.82, 2.24) is 14.7 Å². The highest BCUT2D eigenvalue weighted by molar-refractivity contribution is 5.97. The average Bonchev–Trinajstić information content (AvgIpc) is 2.69. The maximum atomic E-state index is 12.6. The molecule has 2 saturated heterocycles. The highest BCUT2D eigenvalue weighted by Crippen LogP contribution is 2.12. The lowest BCUT2D eigenvalue weighted by atomic mass is 10.1. The van der Waals surface area contributed by atoms with E-state index in [0.717, 1.165) is 25.9 Å². The Morgan fingerprint density at radius 3 is 1.92 bits per heavy atom. The minimum atomic E-state index is -0.504. The summed E-state index contributed by atoms with van der Waals surface area (Å²) in [6, 6.07) is 6.41. The van der Waals surface area contributed by atoms with E-state index < -0.39 is 5.91 Å². The molecule has 3 rings (SSSR count). The molecule has 2 N–H and O–H groups in total. The zero-order valence-electron chi connectivity index (χ0n) is 15.0. The maximum Gasteiger partial charge on any atom is 0.253 e. The van der Waals surface area contributed by atoms with Gasteiger partial charge in [0.15, 0.2) is 0 Å². The van der Waals surface area contributed by atoms with Gasteiger partial charge in [0.1, 0.15) is 0 Å². The Labute approximate surface area is 153 Å². The summed E-state index contributed by atoms with van der Waals surface area (Å²) in [6.07, 6.45) is 3.41. The van der Waals surface area contributed by atoms with Crippen molar-refractivity contribution in [3.8, 4) is 0 Å². The highest BCUT2D eigenvalue weighted by Gasteiger charge is 2.25. The lowest BCUT2D eigenvalue weighted by Crippen LogP contribution is -2.52. The number of nitrogens with zero attached hydrogens (tertiary/aromatic N) is 3. The van der Waals surface area contributed by atoms with Gasteiger partial charge in [0.05, 0.1) is 6.54 Å². The predicted molar refractivity (Wildman–Crippen MR) is 97.7 cm³/mol. The number of benzene rings is 1. The second-order valence-corrected chi connectivity index (χ2v) is 6.95. The summed E-state index contributed by atoms with van der Waals surface area (Å²) in [7, 11) is 0. The minimum Gasteiger partial charge on any atom is -0.366 e. The number of piperazine rings is 1. The number of primary amides is 1. The van der Waals surface area contributed by atoms with Crippen LogP contribution in [0.25, 0.3) is 0 Å². The Balaban J connectivity index is 1.49. The molecule has 7 nitrogen and oxygen atoms in total. The van der Waals surface area contributed by atoms with Crippen LogP contribution >= 0.6 is 0 Å². The average molecular weight is 358 g/mol. The number of piperidine rings is 1. The van der Waals surface area contributed by atoms with Crippen LogP contribution < -0.4 is 5.73 Å². The zero-order chi connectivity index (χ0) is 18.5. The molecule has 2 heterocycles. The van der Waals surface area contributed by atoms with E-state index in [4.69, 9.17) is 5.73 Å². The fourth-order valence-corrected chi connectivity index (χ4v) is 3.50. The van der Waals surface area contributed by atoms with Gasteiger partial charge in [-0.25, -0.2) is 0 Å². The van der Waals surface area contributed by atoms with Crippen molar-refractivity contribution in [1.29, 1.82) is 0 Å². The van der Waals surface area contributed by atoms with Gasteiger partial charge in [0, 0.05) is 50.4 Å². The van der Waals surface area contributed by atoms with Crippen LogP contribution in [0.2, 0.25) is 0 Å². The zero-order valence-corrected chi connectivity index (χ0v) is 15.0. The van der Waals surface area contributed by atoms with Gasteiger partial charge >= 0.3 is 0 Å². The summed E-state index contributed by atoms with van der Waals surface area (Å²) < 4.78 is 0. The molecular formula is C19H26N4O3. The van der Waals surface area contributed by atoms with Crippen molar-refractivity contribution in [3.05, 3.63) is 35.4 Å². The summed E-state index contributed by atoms with van der Waals surface area (Å²) in [5.74, 6) is -0.356. The molecule has 2 aliphatic heterocycles. The SMILES string of the molecule is NC(=O)c1ccc(C(=O)N2CCN(CC(=O)N3CCCCC3)CC2)cc1. The Morgan fingerprint density at radius 1 is 0.769 bits per heavy atom. The first-order chi connectivity index (χ1) is 12.5. The predicted octanol–water partition coefficient (Wildman–Crippen LogP) is 0.556. The lowest BCUT2D eigenvalue weighted by Gasteiger charge is -2.36. The summed E-state index contributed by atoms with van der Waals surface area (Å²) >= 11 is 0. The molecule has 7 heteroatoms. The number of rotatable bonds is 4. The van der Waals surface area contributed by atoms with E-state index in [-0.39, 0.29) is 11.8 Å². The van der Waals surface area contributed by atoms with Crippen molar-refractivity contribution >= 4 is 17.7 Å². The van der Waals surface area contributed by atoms with Crippen LogP contribution in [0.15, 0.2) is 24.3 Å². The molecule has 1 aromatic carbocycles. The van der Waals surface area contributed by atoms with Crippen molar-refractivity contribution in [2.45, 2.75) is 19.3 Å². The topological polar surface area (TPSA) is 87.0 Å². The molecule has 2 aliphatic rings. The van der Waals surface area contributed by atoms with Crippen molar-refractivity contribution in [2.24, 2.45) is 5.73 Å². The van der Waals surface area contributed by atoms with Crippen molar-refractivity contribution in [3.63, 3.8) is 0 Å². The maximum absolute atomic E-state index is 12.6. The van der Waals surface area contributed by atoms with Crippen LogP contribution in [0.5, 0.6) is 0 Å². The normalized spacial score (nSPS) is 18.6. The second-order valence-electron chi connectivity index (χ2n) is 6.95.